The van der Waals surface area contributed by atoms with Gasteiger partial charge in [-0.2, -0.15) is 0 Å². The standard InChI is InChI=1S/C28H36O5/c1-3-5-7-8-9-10-22-32-28(30)24-14-11-23(12-15-24)13-20-27(29)33-26-18-16-25(17-19-26)31-21-6-4-2/h11-20H,3-10,21-22H2,1-2H3. The Morgan fingerprint density at radius 3 is 2.06 bits per heavy atom. The molecule has 0 aliphatic rings. The number of hydrogen-bond acceptors (Lipinski definition) is 5. The maximum absolute atomic E-state index is 12.1. The number of esters is 2. The van der Waals surface area contributed by atoms with E-state index in [1.165, 1.54) is 31.8 Å². The highest BCUT2D eigenvalue weighted by molar-refractivity contribution is 5.91. The molecule has 0 spiro atoms. The largest absolute Gasteiger partial charge is 0.494 e. The molecular weight excluding hydrogens is 416 g/mol. The Labute approximate surface area is 197 Å². The van der Waals surface area contributed by atoms with Crippen LogP contribution in [-0.2, 0) is 9.53 Å². The molecule has 0 saturated carbocycles. The first-order chi connectivity index (χ1) is 16.1. The van der Waals surface area contributed by atoms with Crippen LogP contribution >= 0.6 is 0 Å². The number of hydrogen-bond donors (Lipinski definition) is 0. The minimum absolute atomic E-state index is 0.319. The fourth-order valence-corrected chi connectivity index (χ4v) is 3.11. The molecule has 2 rings (SSSR count). The first kappa shape index (κ1) is 26.2. The van der Waals surface area contributed by atoms with Gasteiger partial charge in [0.1, 0.15) is 11.5 Å². The third-order valence-electron chi connectivity index (χ3n) is 5.10. The van der Waals surface area contributed by atoms with Gasteiger partial charge >= 0.3 is 11.9 Å². The third kappa shape index (κ3) is 10.9. The molecule has 0 unspecified atom stereocenters. The van der Waals surface area contributed by atoms with E-state index in [0.29, 0.717) is 24.5 Å². The van der Waals surface area contributed by atoms with Gasteiger partial charge in [-0.1, -0.05) is 64.5 Å². The fraction of sp³-hybridized carbons (Fsp3) is 0.429. The van der Waals surface area contributed by atoms with Crippen molar-refractivity contribution in [2.75, 3.05) is 13.2 Å². The van der Waals surface area contributed by atoms with Crippen LogP contribution in [0.3, 0.4) is 0 Å². The molecule has 0 fully saturated rings. The summed E-state index contributed by atoms with van der Waals surface area (Å²) in [5, 5.41) is 0. The lowest BCUT2D eigenvalue weighted by Crippen LogP contribution is -2.06. The van der Waals surface area contributed by atoms with Gasteiger partial charge in [0.15, 0.2) is 0 Å². The van der Waals surface area contributed by atoms with Crippen LogP contribution in [0.15, 0.2) is 54.6 Å². The molecule has 5 heteroatoms. The second-order valence-electron chi connectivity index (χ2n) is 7.95. The normalized spacial score (nSPS) is 10.8. The summed E-state index contributed by atoms with van der Waals surface area (Å²) in [6, 6.07) is 13.9. The van der Waals surface area contributed by atoms with Crippen molar-refractivity contribution in [2.45, 2.75) is 65.2 Å². The van der Waals surface area contributed by atoms with E-state index < -0.39 is 5.97 Å². The van der Waals surface area contributed by atoms with Crippen molar-refractivity contribution >= 4 is 18.0 Å². The van der Waals surface area contributed by atoms with Gasteiger partial charge in [-0.05, 0) is 60.9 Å². The lowest BCUT2D eigenvalue weighted by atomic mass is 10.1. The molecule has 0 aliphatic carbocycles. The molecule has 0 amide bonds. The summed E-state index contributed by atoms with van der Waals surface area (Å²) < 4.78 is 16.2. The Balaban J connectivity index is 1.73. The highest BCUT2D eigenvalue weighted by Gasteiger charge is 2.07. The zero-order valence-electron chi connectivity index (χ0n) is 19.9. The molecular formula is C28H36O5. The molecule has 0 bridgehead atoms. The molecule has 33 heavy (non-hydrogen) atoms. The number of ether oxygens (including phenoxy) is 3. The van der Waals surface area contributed by atoms with Gasteiger partial charge < -0.3 is 14.2 Å². The van der Waals surface area contributed by atoms with Crippen LogP contribution in [0.5, 0.6) is 11.5 Å². The summed E-state index contributed by atoms with van der Waals surface area (Å²) in [6.07, 6.45) is 12.0. The SMILES string of the molecule is CCCCCCCCOC(=O)c1ccc(C=CC(=O)Oc2ccc(OCCCC)cc2)cc1. The first-order valence-corrected chi connectivity index (χ1v) is 12.0. The monoisotopic (exact) mass is 452 g/mol. The molecule has 0 N–H and O–H groups in total. The summed E-state index contributed by atoms with van der Waals surface area (Å²) in [5.74, 6) is 0.415. The number of carbonyl (C=O) groups is 2. The smallest absolute Gasteiger partial charge is 0.338 e. The van der Waals surface area contributed by atoms with Gasteiger partial charge in [0.05, 0.1) is 18.8 Å². The van der Waals surface area contributed by atoms with Gasteiger partial charge in [0.2, 0.25) is 0 Å². The van der Waals surface area contributed by atoms with E-state index >= 15 is 0 Å². The van der Waals surface area contributed by atoms with Crippen molar-refractivity contribution in [1.82, 2.24) is 0 Å². The van der Waals surface area contributed by atoms with Gasteiger partial charge in [0, 0.05) is 6.08 Å². The predicted molar refractivity (Wildman–Crippen MR) is 132 cm³/mol. The Kier molecular flexibility index (Phi) is 12.4. The van der Waals surface area contributed by atoms with Crippen LogP contribution in [-0.4, -0.2) is 25.2 Å². The van der Waals surface area contributed by atoms with Crippen LogP contribution in [0.1, 0.15) is 81.1 Å². The molecule has 2 aromatic rings. The maximum Gasteiger partial charge on any atom is 0.338 e. The summed E-state index contributed by atoms with van der Waals surface area (Å²) in [5.41, 5.74) is 1.29. The van der Waals surface area contributed by atoms with Crippen LogP contribution in [0.4, 0.5) is 0 Å². The minimum atomic E-state index is -0.475. The molecule has 0 aliphatic heterocycles. The van der Waals surface area contributed by atoms with Crippen LogP contribution in [0, 0.1) is 0 Å². The maximum atomic E-state index is 12.1. The minimum Gasteiger partial charge on any atom is -0.494 e. The fourth-order valence-electron chi connectivity index (χ4n) is 3.11. The summed E-state index contributed by atoms with van der Waals surface area (Å²) in [6.45, 7) is 5.43. The van der Waals surface area contributed by atoms with Gasteiger partial charge in [0.25, 0.3) is 0 Å². The van der Waals surface area contributed by atoms with E-state index in [0.717, 1.165) is 37.0 Å². The van der Waals surface area contributed by atoms with Crippen molar-refractivity contribution < 1.29 is 23.8 Å². The van der Waals surface area contributed by atoms with Crippen LogP contribution in [0.25, 0.3) is 6.08 Å². The van der Waals surface area contributed by atoms with E-state index in [1.54, 1.807) is 54.6 Å². The number of rotatable bonds is 15. The summed E-state index contributed by atoms with van der Waals surface area (Å²) in [4.78, 5) is 24.2. The average molecular weight is 453 g/mol. The number of carbonyl (C=O) groups excluding carboxylic acids is 2. The zero-order valence-corrected chi connectivity index (χ0v) is 19.9. The quantitative estimate of drug-likeness (QED) is 0.126. The van der Waals surface area contributed by atoms with Crippen molar-refractivity contribution in [3.63, 3.8) is 0 Å². The van der Waals surface area contributed by atoms with Crippen LogP contribution < -0.4 is 9.47 Å². The Morgan fingerprint density at radius 1 is 0.727 bits per heavy atom. The van der Waals surface area contributed by atoms with Gasteiger partial charge in [-0.3, -0.25) is 0 Å². The topological polar surface area (TPSA) is 61.8 Å². The Morgan fingerprint density at radius 2 is 1.36 bits per heavy atom. The summed E-state index contributed by atoms with van der Waals surface area (Å²) in [7, 11) is 0. The van der Waals surface area contributed by atoms with Gasteiger partial charge in [-0.25, -0.2) is 9.59 Å². The van der Waals surface area contributed by atoms with E-state index in [2.05, 4.69) is 13.8 Å². The molecule has 0 radical (unpaired) electrons. The van der Waals surface area contributed by atoms with Crippen molar-refractivity contribution in [3.05, 3.63) is 65.7 Å². The summed E-state index contributed by atoms with van der Waals surface area (Å²) >= 11 is 0. The first-order valence-electron chi connectivity index (χ1n) is 12.0. The van der Waals surface area contributed by atoms with E-state index in [-0.39, 0.29) is 5.97 Å². The van der Waals surface area contributed by atoms with Crippen molar-refractivity contribution in [2.24, 2.45) is 0 Å². The lowest BCUT2D eigenvalue weighted by molar-refractivity contribution is -0.128. The number of unbranched alkanes of at least 4 members (excludes halogenated alkanes) is 6. The Hall–Kier alpha value is -3.08. The molecule has 178 valence electrons. The predicted octanol–water partition coefficient (Wildman–Crippen LogP) is 7.00. The second kappa shape index (κ2) is 15.7. The van der Waals surface area contributed by atoms with E-state index in [4.69, 9.17) is 14.2 Å². The molecule has 0 saturated heterocycles. The highest BCUT2D eigenvalue weighted by atomic mass is 16.5. The number of benzene rings is 2. The van der Waals surface area contributed by atoms with Crippen molar-refractivity contribution in [3.8, 4) is 11.5 Å². The molecule has 0 atom stereocenters. The molecule has 0 aromatic heterocycles. The van der Waals surface area contributed by atoms with Crippen molar-refractivity contribution in [1.29, 1.82) is 0 Å². The van der Waals surface area contributed by atoms with E-state index in [9.17, 15) is 9.59 Å². The van der Waals surface area contributed by atoms with Crippen LogP contribution in [0.2, 0.25) is 0 Å². The average Bonchev–Trinajstić information content (AvgIpc) is 2.83. The molecule has 2 aromatic carbocycles. The van der Waals surface area contributed by atoms with Gasteiger partial charge in [-0.15, -0.1) is 0 Å². The zero-order chi connectivity index (χ0) is 23.7. The molecule has 0 heterocycles. The van der Waals surface area contributed by atoms with E-state index in [1.807, 2.05) is 0 Å². The lowest BCUT2D eigenvalue weighted by Gasteiger charge is -2.06. The third-order valence-corrected chi connectivity index (χ3v) is 5.10. The molecule has 5 nitrogen and oxygen atoms in total. The highest BCUT2D eigenvalue weighted by Crippen LogP contribution is 2.18. The second-order valence-corrected chi connectivity index (χ2v) is 7.95. The Bertz CT molecular complexity index is 853.